The molecule has 1 aliphatic carbocycles. The van der Waals surface area contributed by atoms with Crippen molar-refractivity contribution in [1.82, 2.24) is 14.4 Å². The van der Waals surface area contributed by atoms with Crippen LogP contribution in [-0.2, 0) is 12.6 Å². The minimum atomic E-state index is 0.0779. The lowest BCUT2D eigenvalue weighted by molar-refractivity contribution is 0.0973. The molecule has 0 unspecified atom stereocenters. The van der Waals surface area contributed by atoms with Crippen molar-refractivity contribution in [2.45, 2.75) is 32.2 Å². The van der Waals surface area contributed by atoms with Crippen molar-refractivity contribution < 1.29 is 0 Å². The molecule has 1 aliphatic heterocycles. The molecule has 0 N–H and O–H groups in total. The van der Waals surface area contributed by atoms with E-state index in [1.165, 1.54) is 29.5 Å². The number of benzene rings is 1. The first-order valence-electron chi connectivity index (χ1n) is 9.63. The Kier molecular flexibility index (Phi) is 4.28. The summed E-state index contributed by atoms with van der Waals surface area (Å²) in [7, 11) is 4.04. The first-order chi connectivity index (χ1) is 12.4. The van der Waals surface area contributed by atoms with E-state index in [1.54, 1.807) is 4.57 Å². The standard InChI is InChI=1S/C22H29N3O/c1-16-13-18(19-14-17(2)21(26)24(4)15-19)5-6-20(16)22(7-8-22)25-11-9-23(3)10-12-25/h5-6,13-15H,7-12H2,1-4H3. The van der Waals surface area contributed by atoms with Gasteiger partial charge >= 0.3 is 0 Å². The molecule has 0 bridgehead atoms. The number of aryl methyl sites for hydroxylation is 3. The van der Waals surface area contributed by atoms with E-state index in [-0.39, 0.29) is 11.1 Å². The average Bonchev–Trinajstić information content (AvgIpc) is 3.41. The van der Waals surface area contributed by atoms with Gasteiger partial charge in [-0.2, -0.15) is 0 Å². The SMILES string of the molecule is Cc1cc(-c2cc(C)c(=O)n(C)c2)ccc1C1(N2CCN(C)CC2)CC1. The Balaban J connectivity index is 1.66. The van der Waals surface area contributed by atoms with Crippen molar-refractivity contribution in [1.29, 1.82) is 0 Å². The van der Waals surface area contributed by atoms with Crippen LogP contribution in [0.1, 0.15) is 29.5 Å². The highest BCUT2D eigenvalue weighted by atomic mass is 16.1. The molecule has 1 saturated carbocycles. The van der Waals surface area contributed by atoms with Crippen LogP contribution in [0.15, 0.2) is 35.3 Å². The molecule has 4 heteroatoms. The number of hydrogen-bond donors (Lipinski definition) is 0. The maximum atomic E-state index is 12.0. The minimum Gasteiger partial charge on any atom is -0.318 e. The molecule has 2 aliphatic rings. The second kappa shape index (κ2) is 6.36. The van der Waals surface area contributed by atoms with Crippen LogP contribution < -0.4 is 5.56 Å². The highest BCUT2D eigenvalue weighted by Crippen LogP contribution is 2.52. The van der Waals surface area contributed by atoms with E-state index < -0.39 is 0 Å². The normalized spacial score (nSPS) is 20.3. The van der Waals surface area contributed by atoms with Crippen LogP contribution in [0, 0.1) is 13.8 Å². The summed E-state index contributed by atoms with van der Waals surface area (Å²) in [5.74, 6) is 0. The van der Waals surface area contributed by atoms with Gasteiger partial charge in [-0.15, -0.1) is 0 Å². The summed E-state index contributed by atoms with van der Waals surface area (Å²) >= 11 is 0. The molecule has 0 spiro atoms. The van der Waals surface area contributed by atoms with Gasteiger partial charge in [0.05, 0.1) is 0 Å². The first-order valence-corrected chi connectivity index (χ1v) is 9.63. The van der Waals surface area contributed by atoms with E-state index >= 15 is 0 Å². The molecule has 2 aromatic rings. The molecule has 4 rings (SSSR count). The van der Waals surface area contributed by atoms with Crippen LogP contribution >= 0.6 is 0 Å². The van der Waals surface area contributed by atoms with E-state index in [9.17, 15) is 4.79 Å². The molecular formula is C22H29N3O. The molecule has 4 nitrogen and oxygen atoms in total. The minimum absolute atomic E-state index is 0.0779. The van der Waals surface area contributed by atoms with Gasteiger partial charge < -0.3 is 9.47 Å². The maximum absolute atomic E-state index is 12.0. The lowest BCUT2D eigenvalue weighted by Crippen LogP contribution is -2.49. The van der Waals surface area contributed by atoms with Crippen LogP contribution in [-0.4, -0.2) is 47.6 Å². The fourth-order valence-corrected chi connectivity index (χ4v) is 4.51. The Labute approximate surface area is 156 Å². The Bertz CT molecular complexity index is 860. The van der Waals surface area contributed by atoms with Crippen LogP contribution in [0.25, 0.3) is 11.1 Å². The van der Waals surface area contributed by atoms with Crippen molar-refractivity contribution in [2.75, 3.05) is 33.2 Å². The van der Waals surface area contributed by atoms with Gasteiger partial charge in [-0.25, -0.2) is 0 Å². The number of nitrogens with zero attached hydrogens (tertiary/aromatic N) is 3. The number of rotatable bonds is 3. The third-order valence-electron chi connectivity index (χ3n) is 6.26. The van der Waals surface area contributed by atoms with Gasteiger partial charge in [0.15, 0.2) is 0 Å². The molecule has 26 heavy (non-hydrogen) atoms. The maximum Gasteiger partial charge on any atom is 0.253 e. The summed E-state index contributed by atoms with van der Waals surface area (Å²) in [5, 5.41) is 0. The zero-order chi connectivity index (χ0) is 18.5. The third-order valence-corrected chi connectivity index (χ3v) is 6.26. The molecular weight excluding hydrogens is 322 g/mol. The van der Waals surface area contributed by atoms with Gasteiger partial charge in [0, 0.05) is 50.5 Å². The van der Waals surface area contributed by atoms with E-state index in [4.69, 9.17) is 0 Å². The van der Waals surface area contributed by atoms with Crippen molar-refractivity contribution in [3.8, 4) is 11.1 Å². The van der Waals surface area contributed by atoms with Crippen molar-refractivity contribution in [3.05, 3.63) is 57.5 Å². The van der Waals surface area contributed by atoms with Crippen LogP contribution in [0.2, 0.25) is 0 Å². The van der Waals surface area contributed by atoms with Crippen LogP contribution in [0.5, 0.6) is 0 Å². The number of aromatic nitrogens is 1. The summed E-state index contributed by atoms with van der Waals surface area (Å²) in [4.78, 5) is 17.1. The Morgan fingerprint density at radius 2 is 1.54 bits per heavy atom. The Morgan fingerprint density at radius 1 is 0.885 bits per heavy atom. The molecule has 1 saturated heterocycles. The fraction of sp³-hybridized carbons (Fsp3) is 0.500. The lowest BCUT2D eigenvalue weighted by Gasteiger charge is -2.39. The smallest absolute Gasteiger partial charge is 0.253 e. The molecule has 138 valence electrons. The van der Waals surface area contributed by atoms with Crippen molar-refractivity contribution in [3.63, 3.8) is 0 Å². The Morgan fingerprint density at radius 3 is 2.12 bits per heavy atom. The first kappa shape index (κ1) is 17.5. The second-order valence-corrected chi connectivity index (χ2v) is 8.18. The van der Waals surface area contributed by atoms with Crippen molar-refractivity contribution in [2.24, 2.45) is 7.05 Å². The van der Waals surface area contributed by atoms with Gasteiger partial charge in [0.2, 0.25) is 0 Å². The van der Waals surface area contributed by atoms with E-state index in [0.717, 1.165) is 37.3 Å². The van der Waals surface area contributed by atoms with Crippen molar-refractivity contribution >= 4 is 0 Å². The number of hydrogen-bond acceptors (Lipinski definition) is 3. The summed E-state index contributed by atoms with van der Waals surface area (Å²) in [6, 6.07) is 8.86. The average molecular weight is 351 g/mol. The van der Waals surface area contributed by atoms with Gasteiger partial charge in [-0.05, 0) is 62.1 Å². The van der Waals surface area contributed by atoms with Gasteiger partial charge in [-0.1, -0.05) is 18.2 Å². The fourth-order valence-electron chi connectivity index (χ4n) is 4.51. The zero-order valence-electron chi connectivity index (χ0n) is 16.4. The topological polar surface area (TPSA) is 28.5 Å². The lowest BCUT2D eigenvalue weighted by atomic mass is 9.93. The molecule has 2 fully saturated rings. The zero-order valence-corrected chi connectivity index (χ0v) is 16.4. The van der Waals surface area contributed by atoms with E-state index in [0.29, 0.717) is 0 Å². The molecule has 0 amide bonds. The number of piperazine rings is 1. The summed E-state index contributed by atoms with van der Waals surface area (Å²) in [6.07, 6.45) is 4.49. The highest BCUT2D eigenvalue weighted by Gasteiger charge is 2.50. The highest BCUT2D eigenvalue weighted by molar-refractivity contribution is 5.65. The Hall–Kier alpha value is -1.91. The second-order valence-electron chi connectivity index (χ2n) is 8.18. The van der Waals surface area contributed by atoms with Gasteiger partial charge in [0.1, 0.15) is 0 Å². The molecule has 0 atom stereocenters. The van der Waals surface area contributed by atoms with Crippen LogP contribution in [0.4, 0.5) is 0 Å². The van der Waals surface area contributed by atoms with E-state index in [2.05, 4.69) is 42.0 Å². The number of pyridine rings is 1. The quantitative estimate of drug-likeness (QED) is 0.851. The molecule has 2 heterocycles. The monoisotopic (exact) mass is 351 g/mol. The molecule has 1 aromatic heterocycles. The van der Waals surface area contributed by atoms with E-state index in [1.807, 2.05) is 26.2 Å². The van der Waals surface area contributed by atoms with Crippen LogP contribution in [0.3, 0.4) is 0 Å². The summed E-state index contributed by atoms with van der Waals surface area (Å²) in [6.45, 7) is 8.78. The summed E-state index contributed by atoms with van der Waals surface area (Å²) < 4.78 is 1.68. The largest absolute Gasteiger partial charge is 0.318 e. The predicted octanol–water partition coefficient (Wildman–Crippen LogP) is 2.91. The summed E-state index contributed by atoms with van der Waals surface area (Å²) in [5.41, 5.74) is 6.31. The molecule has 1 aromatic carbocycles. The third kappa shape index (κ3) is 2.91. The number of likely N-dealkylation sites (N-methyl/N-ethyl adjacent to an activating group) is 1. The molecule has 0 radical (unpaired) electrons. The predicted molar refractivity (Wildman–Crippen MR) is 107 cm³/mol. The van der Waals surface area contributed by atoms with Gasteiger partial charge in [-0.3, -0.25) is 9.69 Å². The van der Waals surface area contributed by atoms with Gasteiger partial charge in [0.25, 0.3) is 5.56 Å².